The monoisotopic (exact) mass is 387 g/mol. The van der Waals surface area contributed by atoms with E-state index in [4.69, 9.17) is 4.74 Å². The molecule has 0 aromatic heterocycles. The van der Waals surface area contributed by atoms with Gasteiger partial charge in [0.2, 0.25) is 11.8 Å². The van der Waals surface area contributed by atoms with E-state index < -0.39 is 0 Å². The summed E-state index contributed by atoms with van der Waals surface area (Å²) in [5.74, 6) is -1.17. The molecule has 4 nitrogen and oxygen atoms in total. The van der Waals surface area contributed by atoms with Crippen molar-refractivity contribution in [2.45, 2.75) is 11.8 Å². The van der Waals surface area contributed by atoms with Gasteiger partial charge in [0.15, 0.2) is 0 Å². The van der Waals surface area contributed by atoms with Crippen molar-refractivity contribution in [3.05, 3.63) is 96.6 Å². The fourth-order valence-corrected chi connectivity index (χ4v) is 4.54. The predicted molar refractivity (Wildman–Crippen MR) is 112 cm³/mol. The lowest BCUT2D eigenvalue weighted by molar-refractivity contribution is -0.140. The van der Waals surface area contributed by atoms with Crippen LogP contribution in [0.1, 0.15) is 23.0 Å². The Balaban J connectivity index is 1.69. The molecule has 1 fully saturated rings. The number of likely N-dealkylation sites (tertiary alicyclic amines) is 1. The van der Waals surface area contributed by atoms with Crippen LogP contribution in [0.5, 0.6) is 0 Å². The van der Waals surface area contributed by atoms with Crippen molar-refractivity contribution in [3.8, 4) is 0 Å². The van der Waals surface area contributed by atoms with Crippen molar-refractivity contribution in [1.82, 2.24) is 4.90 Å². The molecule has 4 atom stereocenters. The van der Waals surface area contributed by atoms with E-state index in [1.54, 1.807) is 6.08 Å². The zero-order valence-electron chi connectivity index (χ0n) is 16.3. The third kappa shape index (κ3) is 3.68. The van der Waals surface area contributed by atoms with Gasteiger partial charge in [0.1, 0.15) is 0 Å². The average Bonchev–Trinajstić information content (AvgIpc) is 3.02. The van der Waals surface area contributed by atoms with Crippen LogP contribution >= 0.6 is 0 Å². The van der Waals surface area contributed by atoms with Gasteiger partial charge in [-0.25, -0.2) is 0 Å². The highest BCUT2D eigenvalue weighted by molar-refractivity contribution is 6.06. The molecular weight excluding hydrogens is 362 g/mol. The lowest BCUT2D eigenvalue weighted by Gasteiger charge is -2.32. The van der Waals surface area contributed by atoms with Crippen LogP contribution in [0.25, 0.3) is 0 Å². The number of nitrogens with zero attached hydrogens (tertiary/aromatic N) is 1. The van der Waals surface area contributed by atoms with Crippen molar-refractivity contribution in [3.63, 3.8) is 0 Å². The summed E-state index contributed by atoms with van der Waals surface area (Å²) in [6, 6.07) is 20.0. The average molecular weight is 387 g/mol. The zero-order chi connectivity index (χ0) is 20.2. The number of hydrogen-bond donors (Lipinski definition) is 0. The molecule has 1 heterocycles. The topological polar surface area (TPSA) is 46.6 Å². The van der Waals surface area contributed by atoms with E-state index in [-0.39, 0.29) is 42.0 Å². The van der Waals surface area contributed by atoms with Crippen LogP contribution in [-0.2, 0) is 14.3 Å². The zero-order valence-corrected chi connectivity index (χ0v) is 16.3. The molecule has 0 N–H and O–H groups in total. The molecule has 148 valence electrons. The predicted octanol–water partition coefficient (Wildman–Crippen LogP) is 3.93. The third-order valence-electron chi connectivity index (χ3n) is 5.85. The lowest BCUT2D eigenvalue weighted by atomic mass is 9.68. The number of imide groups is 1. The highest BCUT2D eigenvalue weighted by Crippen LogP contribution is 2.49. The first kappa shape index (κ1) is 19.3. The Bertz CT molecular complexity index is 839. The van der Waals surface area contributed by atoms with Crippen molar-refractivity contribution in [2.75, 3.05) is 19.8 Å². The van der Waals surface area contributed by atoms with Gasteiger partial charge < -0.3 is 4.74 Å². The summed E-state index contributed by atoms with van der Waals surface area (Å²) in [7, 11) is 0. The fourth-order valence-electron chi connectivity index (χ4n) is 4.54. The third-order valence-corrected chi connectivity index (χ3v) is 5.85. The maximum atomic E-state index is 13.4. The molecule has 2 aromatic carbocycles. The Morgan fingerprint density at radius 2 is 1.31 bits per heavy atom. The van der Waals surface area contributed by atoms with Crippen LogP contribution < -0.4 is 0 Å². The van der Waals surface area contributed by atoms with E-state index >= 15 is 0 Å². The van der Waals surface area contributed by atoms with Crippen LogP contribution in [0, 0.1) is 11.8 Å². The van der Waals surface area contributed by atoms with Crippen LogP contribution in [0.4, 0.5) is 0 Å². The summed E-state index contributed by atoms with van der Waals surface area (Å²) in [6.07, 6.45) is 5.88. The maximum Gasteiger partial charge on any atom is 0.234 e. The number of carbonyl (C=O) groups is 2. The Labute approximate surface area is 171 Å². The van der Waals surface area contributed by atoms with Crippen molar-refractivity contribution < 1.29 is 14.3 Å². The van der Waals surface area contributed by atoms with Gasteiger partial charge in [-0.3, -0.25) is 14.5 Å². The van der Waals surface area contributed by atoms with Gasteiger partial charge in [0, 0.05) is 11.8 Å². The van der Waals surface area contributed by atoms with Crippen molar-refractivity contribution in [1.29, 1.82) is 0 Å². The van der Waals surface area contributed by atoms with Gasteiger partial charge in [-0.15, -0.1) is 6.58 Å². The highest BCUT2D eigenvalue weighted by atomic mass is 16.5. The molecule has 2 amide bonds. The second kappa shape index (κ2) is 8.58. The summed E-state index contributed by atoms with van der Waals surface area (Å²) >= 11 is 0. The molecule has 1 saturated heterocycles. The second-order valence-electron chi connectivity index (χ2n) is 7.50. The van der Waals surface area contributed by atoms with E-state index in [1.807, 2.05) is 60.7 Å². The Hall–Kier alpha value is -2.98. The Morgan fingerprint density at radius 3 is 1.76 bits per heavy atom. The van der Waals surface area contributed by atoms with Gasteiger partial charge in [0.05, 0.1) is 31.6 Å². The quantitative estimate of drug-likeness (QED) is 0.411. The molecule has 1 aliphatic carbocycles. The number of amides is 2. The van der Waals surface area contributed by atoms with Gasteiger partial charge in [-0.05, 0) is 11.1 Å². The standard InChI is InChI=1S/C25H25NO3/c1-2-16-29-17-15-26-24(27)22-20(18-9-5-3-6-10-18)13-14-21(23(22)25(26)28)19-11-7-4-8-12-19/h2-14,20-23H,1,15-17H2/t20-,21+,22+,23-. The highest BCUT2D eigenvalue weighted by Gasteiger charge is 2.54. The normalized spacial score (nSPS) is 25.9. The molecule has 4 heteroatoms. The summed E-state index contributed by atoms with van der Waals surface area (Å²) in [5, 5.41) is 0. The van der Waals surface area contributed by atoms with Crippen LogP contribution in [0.2, 0.25) is 0 Å². The van der Waals surface area contributed by atoms with Gasteiger partial charge in [0.25, 0.3) is 0 Å². The first-order chi connectivity index (χ1) is 14.2. The largest absolute Gasteiger partial charge is 0.376 e. The first-order valence-electron chi connectivity index (χ1n) is 10.0. The minimum Gasteiger partial charge on any atom is -0.376 e. The molecule has 1 aliphatic heterocycles. The number of carbonyl (C=O) groups excluding carboxylic acids is 2. The Kier molecular flexibility index (Phi) is 5.72. The second-order valence-corrected chi connectivity index (χ2v) is 7.50. The summed E-state index contributed by atoms with van der Waals surface area (Å²) < 4.78 is 5.44. The van der Waals surface area contributed by atoms with E-state index in [2.05, 4.69) is 18.7 Å². The molecule has 0 radical (unpaired) electrons. The first-order valence-corrected chi connectivity index (χ1v) is 10.0. The van der Waals surface area contributed by atoms with Gasteiger partial charge in [-0.2, -0.15) is 0 Å². The van der Waals surface area contributed by atoms with E-state index in [1.165, 1.54) is 4.90 Å². The molecule has 0 bridgehead atoms. The number of allylic oxidation sites excluding steroid dienone is 2. The molecule has 0 saturated carbocycles. The van der Waals surface area contributed by atoms with Crippen LogP contribution in [0.15, 0.2) is 85.5 Å². The number of ether oxygens (including phenoxy) is 1. The summed E-state index contributed by atoms with van der Waals surface area (Å²) in [6.45, 7) is 4.63. The number of benzene rings is 2. The van der Waals surface area contributed by atoms with E-state index in [0.717, 1.165) is 11.1 Å². The smallest absolute Gasteiger partial charge is 0.234 e. The minimum atomic E-state index is -0.389. The molecular formula is C25H25NO3. The molecule has 29 heavy (non-hydrogen) atoms. The molecule has 2 aliphatic rings. The van der Waals surface area contributed by atoms with Crippen LogP contribution in [0.3, 0.4) is 0 Å². The summed E-state index contributed by atoms with van der Waals surface area (Å²) in [4.78, 5) is 28.1. The Morgan fingerprint density at radius 1 is 0.828 bits per heavy atom. The molecule has 2 aromatic rings. The minimum absolute atomic E-state index is 0.0960. The molecule has 4 rings (SSSR count). The maximum absolute atomic E-state index is 13.4. The van der Waals surface area contributed by atoms with E-state index in [9.17, 15) is 9.59 Å². The molecule has 0 spiro atoms. The number of hydrogen-bond acceptors (Lipinski definition) is 3. The lowest BCUT2D eigenvalue weighted by Crippen LogP contribution is -2.34. The van der Waals surface area contributed by atoms with Gasteiger partial charge >= 0.3 is 0 Å². The summed E-state index contributed by atoms with van der Waals surface area (Å²) in [5.41, 5.74) is 2.13. The van der Waals surface area contributed by atoms with E-state index in [0.29, 0.717) is 13.2 Å². The fraction of sp³-hybridized carbons (Fsp3) is 0.280. The van der Waals surface area contributed by atoms with Crippen LogP contribution in [-0.4, -0.2) is 36.5 Å². The van der Waals surface area contributed by atoms with Crippen molar-refractivity contribution in [2.24, 2.45) is 11.8 Å². The van der Waals surface area contributed by atoms with Crippen molar-refractivity contribution >= 4 is 11.8 Å². The number of fused-ring (bicyclic) bond motifs is 1. The van der Waals surface area contributed by atoms with Gasteiger partial charge in [-0.1, -0.05) is 78.9 Å². The SMILES string of the molecule is C=CCOCCN1C(=O)[C@@H]2[C@H](C1=O)[C@H](c1ccccc1)C=C[C@@H]2c1ccccc1. The molecule has 0 unspecified atom stereocenters. The number of rotatable bonds is 7.